The van der Waals surface area contributed by atoms with Crippen LogP contribution in [0.3, 0.4) is 0 Å². The third-order valence-electron chi connectivity index (χ3n) is 4.97. The van der Waals surface area contributed by atoms with E-state index in [1.807, 2.05) is 0 Å². The molecule has 1 fully saturated rings. The number of rotatable bonds is 6. The Labute approximate surface area is 184 Å². The van der Waals surface area contributed by atoms with Crippen LogP contribution >= 0.6 is 0 Å². The van der Waals surface area contributed by atoms with Crippen molar-refractivity contribution in [1.29, 1.82) is 0 Å². The summed E-state index contributed by atoms with van der Waals surface area (Å²) in [4.78, 5) is 24.2. The predicted molar refractivity (Wildman–Crippen MR) is 116 cm³/mol. The minimum Gasteiger partial charge on any atom is -0.504 e. The zero-order chi connectivity index (χ0) is 23.1. The van der Waals surface area contributed by atoms with Crippen molar-refractivity contribution < 1.29 is 39.5 Å². The molecule has 8 heteroatoms. The van der Waals surface area contributed by atoms with Gasteiger partial charge in [0.25, 0.3) is 0 Å². The first-order valence-electron chi connectivity index (χ1n) is 10.1. The molecule has 0 spiro atoms. The number of ether oxygens (including phenoxy) is 2. The maximum absolute atomic E-state index is 12.1. The number of phenolic OH excluding ortho intramolecular Hbond substituents is 4. The smallest absolute Gasteiger partial charge is 0.331 e. The number of carbonyl (C=O) groups excluding carboxylic acids is 2. The van der Waals surface area contributed by atoms with Crippen molar-refractivity contribution in [1.82, 2.24) is 0 Å². The Morgan fingerprint density at radius 3 is 1.56 bits per heavy atom. The lowest BCUT2D eigenvalue weighted by Crippen LogP contribution is -2.30. The molecule has 0 unspecified atom stereocenters. The lowest BCUT2D eigenvalue weighted by atomic mass is 9.95. The molecule has 4 N–H and O–H groups in total. The fraction of sp³-hybridized carbons (Fsp3) is 0.250. The molecular weight excluding hydrogens is 416 g/mol. The zero-order valence-electron chi connectivity index (χ0n) is 17.2. The second-order valence-corrected chi connectivity index (χ2v) is 7.45. The van der Waals surface area contributed by atoms with Gasteiger partial charge in [-0.2, -0.15) is 0 Å². The average Bonchev–Trinajstić information content (AvgIpc) is 2.75. The molecule has 0 bridgehead atoms. The average molecular weight is 440 g/mol. The largest absolute Gasteiger partial charge is 0.504 e. The van der Waals surface area contributed by atoms with E-state index in [9.17, 15) is 30.0 Å². The Kier molecular flexibility index (Phi) is 7.38. The number of hydrogen-bond donors (Lipinski definition) is 4. The highest BCUT2D eigenvalue weighted by Crippen LogP contribution is 2.27. The standard InChI is InChI=1S/C24H24O8/c25-19-8-4-15(12-21(19)27)6-10-23(29)31-17-2-1-3-18(14-17)32-24(30)11-7-16-5-9-20(26)22(28)13-16/h4-13,17-18,25-28H,1-3,14H2/b10-6+,11-7+/t17-,18+. The van der Waals surface area contributed by atoms with Crippen LogP contribution in [0.1, 0.15) is 36.8 Å². The van der Waals surface area contributed by atoms with Gasteiger partial charge in [-0.15, -0.1) is 0 Å². The molecule has 0 aromatic heterocycles. The number of aromatic hydroxyl groups is 4. The highest BCUT2D eigenvalue weighted by molar-refractivity contribution is 5.88. The van der Waals surface area contributed by atoms with E-state index in [4.69, 9.17) is 9.47 Å². The molecule has 1 aliphatic rings. The van der Waals surface area contributed by atoms with E-state index in [-0.39, 0.29) is 35.2 Å². The monoisotopic (exact) mass is 440 g/mol. The van der Waals surface area contributed by atoms with E-state index in [0.717, 1.165) is 6.42 Å². The highest BCUT2D eigenvalue weighted by Gasteiger charge is 2.26. The molecule has 32 heavy (non-hydrogen) atoms. The van der Waals surface area contributed by atoms with E-state index in [1.165, 1.54) is 48.6 Å². The Morgan fingerprint density at radius 1 is 0.719 bits per heavy atom. The van der Waals surface area contributed by atoms with Crippen LogP contribution in [-0.2, 0) is 19.1 Å². The van der Waals surface area contributed by atoms with Crippen molar-refractivity contribution in [2.24, 2.45) is 0 Å². The first kappa shape index (κ1) is 22.7. The van der Waals surface area contributed by atoms with E-state index in [1.54, 1.807) is 12.1 Å². The van der Waals surface area contributed by atoms with Gasteiger partial charge in [0.05, 0.1) is 0 Å². The van der Waals surface area contributed by atoms with Crippen LogP contribution < -0.4 is 0 Å². The molecule has 0 heterocycles. The van der Waals surface area contributed by atoms with Crippen LogP contribution in [0.25, 0.3) is 12.2 Å². The van der Waals surface area contributed by atoms with Crippen molar-refractivity contribution >= 4 is 24.1 Å². The normalized spacial score (nSPS) is 18.6. The van der Waals surface area contributed by atoms with Crippen LogP contribution in [0, 0.1) is 0 Å². The fourth-order valence-electron chi connectivity index (χ4n) is 3.34. The van der Waals surface area contributed by atoms with Crippen LogP contribution in [0.15, 0.2) is 48.6 Å². The SMILES string of the molecule is O=C(/C=C/c1ccc(O)c(O)c1)O[C@@H]1CCC[C@H](OC(=O)/C=C/c2ccc(O)c(O)c2)C1. The molecule has 2 aromatic rings. The third kappa shape index (κ3) is 6.53. The molecule has 0 amide bonds. The fourth-order valence-corrected chi connectivity index (χ4v) is 3.34. The lowest BCUT2D eigenvalue weighted by Gasteiger charge is -2.28. The maximum Gasteiger partial charge on any atom is 0.331 e. The van der Waals surface area contributed by atoms with Gasteiger partial charge in [0.2, 0.25) is 0 Å². The van der Waals surface area contributed by atoms with Gasteiger partial charge in [-0.3, -0.25) is 0 Å². The first-order chi connectivity index (χ1) is 15.3. The zero-order valence-corrected chi connectivity index (χ0v) is 17.2. The van der Waals surface area contributed by atoms with Gasteiger partial charge in [-0.25, -0.2) is 9.59 Å². The minimum absolute atomic E-state index is 0.247. The van der Waals surface area contributed by atoms with Crippen LogP contribution in [0.5, 0.6) is 23.0 Å². The van der Waals surface area contributed by atoms with E-state index < -0.39 is 11.9 Å². The quantitative estimate of drug-likeness (QED) is 0.304. The molecule has 8 nitrogen and oxygen atoms in total. The number of benzene rings is 2. The minimum atomic E-state index is -0.554. The third-order valence-corrected chi connectivity index (χ3v) is 4.97. The molecule has 0 aliphatic heterocycles. The van der Waals surface area contributed by atoms with Gasteiger partial charge in [-0.05, 0) is 66.8 Å². The summed E-state index contributed by atoms with van der Waals surface area (Å²) in [7, 11) is 0. The molecule has 3 rings (SSSR count). The second-order valence-electron chi connectivity index (χ2n) is 7.45. The summed E-state index contributed by atoms with van der Waals surface area (Å²) >= 11 is 0. The molecule has 0 saturated heterocycles. The summed E-state index contributed by atoms with van der Waals surface area (Å²) < 4.78 is 10.9. The first-order valence-corrected chi connectivity index (χ1v) is 10.1. The Hall–Kier alpha value is -3.94. The molecule has 168 valence electrons. The lowest BCUT2D eigenvalue weighted by molar-refractivity contribution is -0.152. The van der Waals surface area contributed by atoms with Crippen molar-refractivity contribution in [3.05, 3.63) is 59.7 Å². The molecule has 2 atom stereocenters. The van der Waals surface area contributed by atoms with Crippen LogP contribution in [-0.4, -0.2) is 44.6 Å². The van der Waals surface area contributed by atoms with Gasteiger partial charge < -0.3 is 29.9 Å². The Balaban J connectivity index is 1.48. The van der Waals surface area contributed by atoms with Crippen LogP contribution in [0.4, 0.5) is 0 Å². The van der Waals surface area contributed by atoms with Gasteiger partial charge >= 0.3 is 11.9 Å². The second kappa shape index (κ2) is 10.4. The van der Waals surface area contributed by atoms with Gasteiger partial charge in [0.15, 0.2) is 23.0 Å². The Bertz CT molecular complexity index is 959. The number of carbonyl (C=O) groups is 2. The predicted octanol–water partition coefficient (Wildman–Crippen LogP) is 3.63. The van der Waals surface area contributed by atoms with Crippen molar-refractivity contribution in [3.8, 4) is 23.0 Å². The number of esters is 2. The van der Waals surface area contributed by atoms with Crippen molar-refractivity contribution in [2.75, 3.05) is 0 Å². The van der Waals surface area contributed by atoms with Gasteiger partial charge in [0, 0.05) is 18.6 Å². The molecular formula is C24H24O8. The molecule has 0 radical (unpaired) electrons. The van der Waals surface area contributed by atoms with Crippen molar-refractivity contribution in [2.45, 2.75) is 37.9 Å². The topological polar surface area (TPSA) is 134 Å². The molecule has 2 aromatic carbocycles. The summed E-state index contributed by atoms with van der Waals surface area (Å²) in [5.74, 6) is -2.17. The summed E-state index contributed by atoms with van der Waals surface area (Å²) in [5, 5.41) is 37.6. The van der Waals surface area contributed by atoms with E-state index >= 15 is 0 Å². The van der Waals surface area contributed by atoms with E-state index in [2.05, 4.69) is 0 Å². The molecule has 1 saturated carbocycles. The maximum atomic E-state index is 12.1. The van der Waals surface area contributed by atoms with E-state index in [0.29, 0.717) is 30.4 Å². The number of hydrogen-bond acceptors (Lipinski definition) is 8. The van der Waals surface area contributed by atoms with Crippen LogP contribution in [0.2, 0.25) is 0 Å². The molecule has 1 aliphatic carbocycles. The Morgan fingerprint density at radius 2 is 1.16 bits per heavy atom. The number of phenols is 4. The van der Waals surface area contributed by atoms with Gasteiger partial charge in [0.1, 0.15) is 12.2 Å². The highest BCUT2D eigenvalue weighted by atomic mass is 16.6. The summed E-state index contributed by atoms with van der Waals surface area (Å²) in [5.41, 5.74) is 1.06. The van der Waals surface area contributed by atoms with Crippen molar-refractivity contribution in [3.63, 3.8) is 0 Å². The summed E-state index contributed by atoms with van der Waals surface area (Å²) in [6, 6.07) is 8.37. The summed E-state index contributed by atoms with van der Waals surface area (Å²) in [6.45, 7) is 0. The summed E-state index contributed by atoms with van der Waals surface area (Å²) in [6.07, 6.45) is 7.08. The van der Waals surface area contributed by atoms with Gasteiger partial charge in [-0.1, -0.05) is 12.1 Å².